The summed E-state index contributed by atoms with van der Waals surface area (Å²) >= 11 is 0. The molecule has 2 aromatic heterocycles. The highest BCUT2D eigenvalue weighted by molar-refractivity contribution is 7.18. The number of hydrogen-bond acceptors (Lipinski definition) is 6. The van der Waals surface area contributed by atoms with Crippen molar-refractivity contribution >= 4 is 26.0 Å². The summed E-state index contributed by atoms with van der Waals surface area (Å²) in [5.41, 5.74) is 4.29. The summed E-state index contributed by atoms with van der Waals surface area (Å²) in [7, 11) is 2.24. The van der Waals surface area contributed by atoms with Gasteiger partial charge in [-0.1, -0.05) is 27.4 Å². The second-order valence-corrected chi connectivity index (χ2v) is 8.90. The van der Waals surface area contributed by atoms with Crippen molar-refractivity contribution < 1.29 is 13.9 Å². The third-order valence-electron chi connectivity index (χ3n) is 5.92. The number of ether oxygens (including phenoxy) is 2. The molecule has 0 bridgehead atoms. The summed E-state index contributed by atoms with van der Waals surface area (Å²) in [6.07, 6.45) is 3.95. The number of nitrogens with zero attached hydrogens (tertiary/aromatic N) is 3. The minimum absolute atomic E-state index is 0.00959. The van der Waals surface area contributed by atoms with Crippen LogP contribution in [0.1, 0.15) is 41.1 Å². The van der Waals surface area contributed by atoms with Gasteiger partial charge in [-0.25, -0.2) is 4.39 Å². The largest absolute Gasteiger partial charge is 0.489 e. The third-order valence-corrected chi connectivity index (χ3v) is 6.39. The van der Waals surface area contributed by atoms with Crippen molar-refractivity contribution in [1.29, 1.82) is 0 Å². The Hall–Kier alpha value is -2.37. The molecule has 30 heavy (non-hydrogen) atoms. The monoisotopic (exact) mass is 426 g/mol. The summed E-state index contributed by atoms with van der Waals surface area (Å²) in [4.78, 5) is 4.69. The van der Waals surface area contributed by atoms with Crippen LogP contribution in [0.2, 0.25) is 0 Å². The standard InChI is InChI=1S/C22H24FN4O2P/c1-13-19-17(9-16(11-24-19)14-5-7-28-8-6-14)21(27-26-13)25-10-15-3-2-4-18-20(15)29-12-22(18,23)30/h2-4,9,11,14H,5-8,10,12,30H2,1H3,(H,25,27). The number of hydrogen-bond donors (Lipinski definition) is 1. The fourth-order valence-electron chi connectivity index (χ4n) is 4.22. The first-order chi connectivity index (χ1) is 14.5. The Bertz CT molecular complexity index is 1100. The minimum atomic E-state index is -1.54. The molecule has 1 aromatic carbocycles. The van der Waals surface area contributed by atoms with Crippen LogP contribution < -0.4 is 10.1 Å². The number of aromatic nitrogens is 3. The van der Waals surface area contributed by atoms with E-state index in [1.54, 1.807) is 6.07 Å². The van der Waals surface area contributed by atoms with Crippen LogP contribution in [-0.2, 0) is 16.7 Å². The van der Waals surface area contributed by atoms with E-state index < -0.39 is 5.41 Å². The molecule has 0 amide bonds. The second kappa shape index (κ2) is 7.71. The molecule has 3 aromatic rings. The molecular formula is C22H24FN4O2P. The van der Waals surface area contributed by atoms with Crippen molar-refractivity contribution in [1.82, 2.24) is 15.2 Å². The number of aryl methyl sites for hydroxylation is 1. The number of anilines is 1. The number of alkyl halides is 1. The minimum Gasteiger partial charge on any atom is -0.489 e. The van der Waals surface area contributed by atoms with Gasteiger partial charge in [-0.2, -0.15) is 5.10 Å². The quantitative estimate of drug-likeness (QED) is 0.630. The molecule has 5 rings (SSSR count). The van der Waals surface area contributed by atoms with Gasteiger partial charge < -0.3 is 14.8 Å². The fraction of sp³-hybridized carbons (Fsp3) is 0.409. The molecule has 0 saturated carbocycles. The van der Waals surface area contributed by atoms with Crippen molar-refractivity contribution in [2.75, 3.05) is 25.1 Å². The number of pyridine rings is 1. The van der Waals surface area contributed by atoms with E-state index in [9.17, 15) is 4.39 Å². The van der Waals surface area contributed by atoms with Gasteiger partial charge in [-0.3, -0.25) is 4.98 Å². The Morgan fingerprint density at radius 1 is 1.27 bits per heavy atom. The number of nitrogens with one attached hydrogen (secondary N) is 1. The lowest BCUT2D eigenvalue weighted by atomic mass is 9.92. The van der Waals surface area contributed by atoms with Crippen LogP contribution in [0.5, 0.6) is 5.75 Å². The van der Waals surface area contributed by atoms with E-state index in [0.717, 1.165) is 48.2 Å². The van der Waals surface area contributed by atoms with Crippen LogP contribution in [0, 0.1) is 6.92 Å². The van der Waals surface area contributed by atoms with Gasteiger partial charge in [0.15, 0.2) is 11.2 Å². The summed E-state index contributed by atoms with van der Waals surface area (Å²) in [5.74, 6) is 1.72. The maximum absolute atomic E-state index is 14.6. The van der Waals surface area contributed by atoms with Crippen LogP contribution in [0.15, 0.2) is 30.5 Å². The highest BCUT2D eigenvalue weighted by Crippen LogP contribution is 2.46. The number of fused-ring (bicyclic) bond motifs is 2. The van der Waals surface area contributed by atoms with Crippen molar-refractivity contribution in [3.05, 3.63) is 52.8 Å². The van der Waals surface area contributed by atoms with E-state index in [1.165, 1.54) is 5.56 Å². The van der Waals surface area contributed by atoms with Gasteiger partial charge in [-0.05, 0) is 37.3 Å². The number of rotatable bonds is 4. The molecule has 0 spiro atoms. The van der Waals surface area contributed by atoms with E-state index in [-0.39, 0.29) is 6.61 Å². The molecule has 0 aliphatic carbocycles. The van der Waals surface area contributed by atoms with E-state index in [4.69, 9.17) is 9.47 Å². The molecule has 4 heterocycles. The predicted molar refractivity (Wildman–Crippen MR) is 117 cm³/mol. The van der Waals surface area contributed by atoms with E-state index >= 15 is 0 Å². The molecule has 2 atom stereocenters. The maximum atomic E-state index is 14.6. The fourth-order valence-corrected chi connectivity index (χ4v) is 4.53. The molecule has 0 radical (unpaired) electrons. The highest BCUT2D eigenvalue weighted by Gasteiger charge is 2.37. The Morgan fingerprint density at radius 2 is 2.10 bits per heavy atom. The van der Waals surface area contributed by atoms with E-state index in [2.05, 4.69) is 35.8 Å². The lowest BCUT2D eigenvalue weighted by molar-refractivity contribution is 0.0853. The van der Waals surface area contributed by atoms with E-state index in [1.807, 2.05) is 25.3 Å². The summed E-state index contributed by atoms with van der Waals surface area (Å²) in [6.45, 7) is 3.95. The van der Waals surface area contributed by atoms with Crippen molar-refractivity contribution in [2.24, 2.45) is 0 Å². The third kappa shape index (κ3) is 3.50. The average molecular weight is 426 g/mol. The molecule has 2 aliphatic heterocycles. The Morgan fingerprint density at radius 3 is 2.93 bits per heavy atom. The summed E-state index contributed by atoms with van der Waals surface area (Å²) in [6, 6.07) is 7.73. The lowest BCUT2D eigenvalue weighted by Gasteiger charge is -2.22. The van der Waals surface area contributed by atoms with Crippen LogP contribution in [0.25, 0.3) is 10.9 Å². The normalized spacial score (nSPS) is 21.4. The van der Waals surface area contributed by atoms with Gasteiger partial charge in [0.1, 0.15) is 12.4 Å². The molecule has 6 nitrogen and oxygen atoms in total. The van der Waals surface area contributed by atoms with Gasteiger partial charge in [0.05, 0.1) is 11.2 Å². The molecule has 2 aliphatic rings. The van der Waals surface area contributed by atoms with Gasteiger partial charge in [0.2, 0.25) is 0 Å². The first-order valence-corrected chi connectivity index (χ1v) is 10.8. The van der Waals surface area contributed by atoms with Crippen molar-refractivity contribution in [3.8, 4) is 5.75 Å². The van der Waals surface area contributed by atoms with Crippen LogP contribution in [0.3, 0.4) is 0 Å². The smallest absolute Gasteiger partial charge is 0.185 e. The molecule has 1 N–H and O–H groups in total. The van der Waals surface area contributed by atoms with Gasteiger partial charge >= 0.3 is 0 Å². The first-order valence-electron chi connectivity index (χ1n) is 10.2. The number of halogens is 1. The molecule has 2 unspecified atom stereocenters. The number of para-hydroxylation sites is 1. The predicted octanol–water partition coefficient (Wildman–Crippen LogP) is 4.23. The molecular weight excluding hydrogens is 402 g/mol. The number of benzene rings is 1. The zero-order chi connectivity index (χ0) is 20.7. The second-order valence-electron chi connectivity index (χ2n) is 7.98. The van der Waals surface area contributed by atoms with Crippen molar-refractivity contribution in [3.63, 3.8) is 0 Å². The Labute approximate surface area is 176 Å². The average Bonchev–Trinajstić information content (AvgIpc) is 3.09. The lowest BCUT2D eigenvalue weighted by Crippen LogP contribution is -2.14. The zero-order valence-electron chi connectivity index (χ0n) is 16.8. The molecule has 8 heteroatoms. The van der Waals surface area contributed by atoms with E-state index in [0.29, 0.717) is 29.6 Å². The maximum Gasteiger partial charge on any atom is 0.185 e. The molecule has 1 saturated heterocycles. The van der Waals surface area contributed by atoms with Crippen LogP contribution in [0.4, 0.5) is 10.2 Å². The first kappa shape index (κ1) is 19.6. The Balaban J connectivity index is 1.46. The van der Waals surface area contributed by atoms with Gasteiger partial charge in [-0.15, -0.1) is 5.10 Å². The molecule has 156 valence electrons. The van der Waals surface area contributed by atoms with Crippen LogP contribution >= 0.6 is 9.24 Å². The Kier molecular flexibility index (Phi) is 5.03. The SMILES string of the molecule is Cc1nnc(NCc2cccc3c2OCC3(F)P)c2cc(C3CCOCC3)cnc12. The highest BCUT2D eigenvalue weighted by atomic mass is 31.0. The summed E-state index contributed by atoms with van der Waals surface area (Å²) in [5, 5.41) is 11.4. The van der Waals surface area contributed by atoms with Crippen LogP contribution in [-0.4, -0.2) is 35.0 Å². The molecule has 1 fully saturated rings. The van der Waals surface area contributed by atoms with Gasteiger partial charge in [0.25, 0.3) is 0 Å². The van der Waals surface area contributed by atoms with Crippen molar-refractivity contribution in [2.45, 2.75) is 37.6 Å². The zero-order valence-corrected chi connectivity index (χ0v) is 18.0. The topological polar surface area (TPSA) is 69.2 Å². The summed E-state index contributed by atoms with van der Waals surface area (Å²) < 4.78 is 25.7. The van der Waals surface area contributed by atoms with Gasteiger partial charge in [0, 0.05) is 42.5 Å².